The number of hydrogen-bond acceptors (Lipinski definition) is 4. The SMILES string of the molecule is CS(=O)(=O)c1cccc(Cl)c1CNCCCn1cccn1. The van der Waals surface area contributed by atoms with E-state index < -0.39 is 9.84 Å². The first-order valence-electron chi connectivity index (χ1n) is 6.64. The van der Waals surface area contributed by atoms with Gasteiger partial charge in [0.1, 0.15) is 0 Å². The number of sulfone groups is 1. The Morgan fingerprint density at radius 1 is 1.33 bits per heavy atom. The Labute approximate surface area is 129 Å². The highest BCUT2D eigenvalue weighted by atomic mass is 35.5. The van der Waals surface area contributed by atoms with Gasteiger partial charge < -0.3 is 5.32 Å². The Morgan fingerprint density at radius 3 is 2.81 bits per heavy atom. The van der Waals surface area contributed by atoms with E-state index in [-0.39, 0.29) is 4.90 Å². The number of aromatic nitrogens is 2. The lowest BCUT2D eigenvalue weighted by Crippen LogP contribution is -2.18. The fourth-order valence-corrected chi connectivity index (χ4v) is 3.32. The van der Waals surface area contributed by atoms with Crippen LogP contribution in [0, 0.1) is 0 Å². The molecule has 1 aromatic carbocycles. The highest BCUT2D eigenvalue weighted by Crippen LogP contribution is 2.23. The van der Waals surface area contributed by atoms with Crippen molar-refractivity contribution in [3.05, 3.63) is 47.2 Å². The molecule has 0 aliphatic heterocycles. The molecule has 1 N–H and O–H groups in total. The van der Waals surface area contributed by atoms with Gasteiger partial charge in [-0.05, 0) is 31.2 Å². The second-order valence-electron chi connectivity index (χ2n) is 4.79. The van der Waals surface area contributed by atoms with Crippen LogP contribution in [0.4, 0.5) is 0 Å². The maximum atomic E-state index is 11.8. The lowest BCUT2D eigenvalue weighted by Gasteiger charge is -2.11. The molecule has 0 bridgehead atoms. The van der Waals surface area contributed by atoms with E-state index in [2.05, 4.69) is 10.4 Å². The van der Waals surface area contributed by atoms with Crippen molar-refractivity contribution in [2.24, 2.45) is 0 Å². The smallest absolute Gasteiger partial charge is 0.175 e. The van der Waals surface area contributed by atoms with Crippen molar-refractivity contribution in [3.8, 4) is 0 Å². The molecule has 0 saturated heterocycles. The number of halogens is 1. The Kier molecular flexibility index (Phi) is 5.39. The van der Waals surface area contributed by atoms with Gasteiger partial charge in [-0.25, -0.2) is 8.42 Å². The van der Waals surface area contributed by atoms with Crippen LogP contribution < -0.4 is 5.32 Å². The summed E-state index contributed by atoms with van der Waals surface area (Å²) in [4.78, 5) is 0.287. The van der Waals surface area contributed by atoms with E-state index in [1.54, 1.807) is 24.4 Å². The molecule has 0 aliphatic rings. The van der Waals surface area contributed by atoms with Crippen molar-refractivity contribution < 1.29 is 8.42 Å². The van der Waals surface area contributed by atoms with Gasteiger partial charge in [0.2, 0.25) is 0 Å². The largest absolute Gasteiger partial charge is 0.313 e. The molecule has 114 valence electrons. The molecule has 0 radical (unpaired) electrons. The van der Waals surface area contributed by atoms with E-state index in [1.807, 2.05) is 16.9 Å². The van der Waals surface area contributed by atoms with E-state index in [0.29, 0.717) is 17.1 Å². The molecule has 7 heteroatoms. The van der Waals surface area contributed by atoms with Crippen LogP contribution in [0.1, 0.15) is 12.0 Å². The minimum absolute atomic E-state index is 0.287. The summed E-state index contributed by atoms with van der Waals surface area (Å²) in [6, 6.07) is 6.83. The van der Waals surface area contributed by atoms with Gasteiger partial charge in [0.15, 0.2) is 9.84 Å². The molecule has 1 aromatic heterocycles. The summed E-state index contributed by atoms with van der Waals surface area (Å²) in [5.41, 5.74) is 0.626. The number of hydrogen-bond donors (Lipinski definition) is 1. The Balaban J connectivity index is 1.91. The van der Waals surface area contributed by atoms with Crippen LogP contribution in [0.5, 0.6) is 0 Å². The van der Waals surface area contributed by atoms with Gasteiger partial charge in [0.05, 0.1) is 4.90 Å². The van der Waals surface area contributed by atoms with Crippen LogP contribution in [0.3, 0.4) is 0 Å². The van der Waals surface area contributed by atoms with Crippen LogP contribution in [0.25, 0.3) is 0 Å². The molecule has 21 heavy (non-hydrogen) atoms. The molecule has 2 rings (SSSR count). The highest BCUT2D eigenvalue weighted by Gasteiger charge is 2.15. The van der Waals surface area contributed by atoms with Crippen molar-refractivity contribution in [1.29, 1.82) is 0 Å². The summed E-state index contributed by atoms with van der Waals surface area (Å²) in [5.74, 6) is 0. The molecule has 0 aliphatic carbocycles. The predicted octanol–water partition coefficient (Wildman–Crippen LogP) is 2.12. The number of nitrogens with one attached hydrogen (secondary N) is 1. The predicted molar refractivity (Wildman–Crippen MR) is 83.1 cm³/mol. The number of rotatable bonds is 7. The van der Waals surface area contributed by atoms with Crippen LogP contribution in [0.2, 0.25) is 5.02 Å². The molecular weight excluding hydrogens is 310 g/mol. The Bertz CT molecular complexity index is 684. The van der Waals surface area contributed by atoms with Crippen molar-refractivity contribution >= 4 is 21.4 Å². The van der Waals surface area contributed by atoms with Crippen molar-refractivity contribution in [1.82, 2.24) is 15.1 Å². The minimum atomic E-state index is -3.27. The van der Waals surface area contributed by atoms with Crippen molar-refractivity contribution in [3.63, 3.8) is 0 Å². The number of aryl methyl sites for hydroxylation is 1. The first kappa shape index (κ1) is 16.0. The standard InChI is InChI=1S/C14H18ClN3O2S/c1-21(19,20)14-6-2-5-13(15)12(14)11-16-7-3-9-18-10-4-8-17-18/h2,4-6,8,10,16H,3,7,9,11H2,1H3. The molecule has 0 spiro atoms. The third-order valence-corrected chi connectivity index (χ3v) is 4.61. The number of benzene rings is 1. The lowest BCUT2D eigenvalue weighted by atomic mass is 10.2. The van der Waals surface area contributed by atoms with E-state index >= 15 is 0 Å². The molecule has 5 nitrogen and oxygen atoms in total. The second-order valence-corrected chi connectivity index (χ2v) is 7.18. The van der Waals surface area contributed by atoms with Gasteiger partial charge in [-0.2, -0.15) is 5.10 Å². The quantitative estimate of drug-likeness (QED) is 0.791. The van der Waals surface area contributed by atoms with Crippen molar-refractivity contribution in [2.45, 2.75) is 24.4 Å². The zero-order chi connectivity index (χ0) is 15.3. The van der Waals surface area contributed by atoms with Gasteiger partial charge in [-0.15, -0.1) is 0 Å². The third-order valence-electron chi connectivity index (χ3n) is 3.08. The fraction of sp³-hybridized carbons (Fsp3) is 0.357. The first-order chi connectivity index (χ1) is 9.98. The third kappa shape index (κ3) is 4.56. The summed E-state index contributed by atoms with van der Waals surface area (Å²) < 4.78 is 25.4. The zero-order valence-electron chi connectivity index (χ0n) is 11.8. The van der Waals surface area contributed by atoms with E-state index in [4.69, 9.17) is 11.6 Å². The van der Waals surface area contributed by atoms with Crippen LogP contribution in [-0.4, -0.2) is 31.0 Å². The molecule has 2 aromatic rings. The number of nitrogens with zero attached hydrogens (tertiary/aromatic N) is 2. The lowest BCUT2D eigenvalue weighted by molar-refractivity contribution is 0.541. The summed E-state index contributed by atoms with van der Waals surface area (Å²) in [7, 11) is -3.27. The van der Waals surface area contributed by atoms with E-state index in [0.717, 1.165) is 19.5 Å². The van der Waals surface area contributed by atoms with Gasteiger partial charge >= 0.3 is 0 Å². The summed E-state index contributed by atoms with van der Waals surface area (Å²) in [6.07, 6.45) is 5.76. The van der Waals surface area contributed by atoms with Crippen LogP contribution in [-0.2, 0) is 22.9 Å². The summed E-state index contributed by atoms with van der Waals surface area (Å²) >= 11 is 6.11. The molecule has 0 amide bonds. The summed E-state index contributed by atoms with van der Waals surface area (Å²) in [6.45, 7) is 2.01. The topological polar surface area (TPSA) is 64.0 Å². The maximum absolute atomic E-state index is 11.8. The Morgan fingerprint density at radius 2 is 2.14 bits per heavy atom. The Hall–Kier alpha value is -1.37. The molecule has 0 fully saturated rings. The second kappa shape index (κ2) is 7.06. The average molecular weight is 328 g/mol. The van der Waals surface area contributed by atoms with Gasteiger partial charge in [0, 0.05) is 42.3 Å². The molecule has 1 heterocycles. The molecule has 0 unspecified atom stereocenters. The van der Waals surface area contributed by atoms with E-state index in [1.165, 1.54) is 6.26 Å². The summed E-state index contributed by atoms with van der Waals surface area (Å²) in [5, 5.41) is 7.82. The highest BCUT2D eigenvalue weighted by molar-refractivity contribution is 7.90. The normalized spacial score (nSPS) is 11.7. The minimum Gasteiger partial charge on any atom is -0.313 e. The molecular formula is C14H18ClN3O2S. The van der Waals surface area contributed by atoms with Gasteiger partial charge in [-0.3, -0.25) is 4.68 Å². The average Bonchev–Trinajstić information content (AvgIpc) is 2.92. The van der Waals surface area contributed by atoms with Crippen molar-refractivity contribution in [2.75, 3.05) is 12.8 Å². The monoisotopic (exact) mass is 327 g/mol. The molecule has 0 saturated carbocycles. The fourth-order valence-electron chi connectivity index (χ4n) is 2.07. The van der Waals surface area contributed by atoms with Crippen LogP contribution >= 0.6 is 11.6 Å². The van der Waals surface area contributed by atoms with Gasteiger partial charge in [-0.1, -0.05) is 17.7 Å². The first-order valence-corrected chi connectivity index (χ1v) is 8.91. The van der Waals surface area contributed by atoms with Gasteiger partial charge in [0.25, 0.3) is 0 Å². The van der Waals surface area contributed by atoms with Crippen LogP contribution in [0.15, 0.2) is 41.6 Å². The maximum Gasteiger partial charge on any atom is 0.175 e. The van der Waals surface area contributed by atoms with E-state index in [9.17, 15) is 8.42 Å². The zero-order valence-corrected chi connectivity index (χ0v) is 13.4. The molecule has 0 atom stereocenters.